The van der Waals surface area contributed by atoms with Gasteiger partial charge in [0.15, 0.2) is 0 Å². The van der Waals surface area contributed by atoms with Crippen molar-refractivity contribution in [3.05, 3.63) is 18.0 Å². The summed E-state index contributed by atoms with van der Waals surface area (Å²) in [4.78, 5) is 0. The van der Waals surface area contributed by atoms with Gasteiger partial charge in [0.25, 0.3) is 6.43 Å². The maximum absolute atomic E-state index is 11.9. The number of halogens is 2. The zero-order valence-electron chi connectivity index (χ0n) is 7.32. The van der Waals surface area contributed by atoms with Gasteiger partial charge in [-0.25, -0.2) is 8.78 Å². The van der Waals surface area contributed by atoms with E-state index in [0.717, 1.165) is 5.56 Å². The van der Waals surface area contributed by atoms with Crippen LogP contribution in [-0.4, -0.2) is 27.4 Å². The second-order valence-electron chi connectivity index (χ2n) is 2.96. The van der Waals surface area contributed by atoms with Crippen LogP contribution in [0, 0.1) is 0 Å². The Kier molecular flexibility index (Phi) is 3.36. The average Bonchev–Trinajstić information content (AvgIpc) is 2.47. The molecule has 0 fully saturated rings. The highest BCUT2D eigenvalue weighted by Gasteiger charge is 2.16. The molecule has 0 bridgehead atoms. The lowest BCUT2D eigenvalue weighted by Gasteiger charge is -2.06. The van der Waals surface area contributed by atoms with E-state index in [-0.39, 0.29) is 6.42 Å². The zero-order valence-corrected chi connectivity index (χ0v) is 7.32. The van der Waals surface area contributed by atoms with Crippen LogP contribution in [0.4, 0.5) is 8.78 Å². The number of aryl methyl sites for hydroxylation is 2. The molecule has 0 aromatic carbocycles. The Morgan fingerprint density at radius 3 is 2.77 bits per heavy atom. The summed E-state index contributed by atoms with van der Waals surface area (Å²) in [6, 6.07) is 0. The number of aliphatic hydroxyl groups excluding tert-OH is 1. The summed E-state index contributed by atoms with van der Waals surface area (Å²) in [6.07, 6.45) is -0.323. The van der Waals surface area contributed by atoms with Gasteiger partial charge >= 0.3 is 0 Å². The van der Waals surface area contributed by atoms with E-state index in [4.69, 9.17) is 5.11 Å². The lowest BCUT2D eigenvalue weighted by molar-refractivity contribution is -0.00849. The van der Waals surface area contributed by atoms with Gasteiger partial charge in [0.05, 0.1) is 6.20 Å². The summed E-state index contributed by atoms with van der Waals surface area (Å²) in [7, 11) is 1.76. The maximum Gasteiger partial charge on any atom is 0.264 e. The van der Waals surface area contributed by atoms with Gasteiger partial charge in [0.1, 0.15) is 6.10 Å². The van der Waals surface area contributed by atoms with Gasteiger partial charge < -0.3 is 5.11 Å². The molecule has 1 atom stereocenters. The number of aromatic nitrogens is 2. The van der Waals surface area contributed by atoms with Gasteiger partial charge in [-0.05, 0) is 18.4 Å². The van der Waals surface area contributed by atoms with Crippen LogP contribution >= 0.6 is 0 Å². The minimum Gasteiger partial charge on any atom is -0.387 e. The first-order chi connectivity index (χ1) is 6.09. The molecule has 1 aromatic rings. The van der Waals surface area contributed by atoms with Crippen molar-refractivity contribution in [2.75, 3.05) is 0 Å². The minimum atomic E-state index is -2.66. The molecule has 0 aliphatic heterocycles. The van der Waals surface area contributed by atoms with Crippen molar-refractivity contribution < 1.29 is 13.9 Å². The van der Waals surface area contributed by atoms with E-state index in [1.165, 1.54) is 0 Å². The standard InChI is InChI=1S/C8H12F2N2O/c1-12-5-6(4-11-12)2-3-7(13)8(9)10/h4-5,7-8,13H,2-3H2,1H3. The summed E-state index contributed by atoms with van der Waals surface area (Å²) in [5.74, 6) is 0. The van der Waals surface area contributed by atoms with Crippen molar-refractivity contribution in [3.8, 4) is 0 Å². The second-order valence-corrected chi connectivity index (χ2v) is 2.96. The SMILES string of the molecule is Cn1cc(CCC(O)C(F)F)cn1. The van der Waals surface area contributed by atoms with Crippen LogP contribution in [0.2, 0.25) is 0 Å². The smallest absolute Gasteiger partial charge is 0.264 e. The number of aliphatic hydroxyl groups is 1. The molecule has 1 aromatic heterocycles. The molecule has 0 spiro atoms. The van der Waals surface area contributed by atoms with E-state index >= 15 is 0 Å². The Morgan fingerprint density at radius 2 is 2.31 bits per heavy atom. The monoisotopic (exact) mass is 190 g/mol. The molecular formula is C8H12F2N2O. The van der Waals surface area contributed by atoms with Crippen LogP contribution in [0.1, 0.15) is 12.0 Å². The molecule has 3 nitrogen and oxygen atoms in total. The molecule has 1 unspecified atom stereocenters. The fourth-order valence-corrected chi connectivity index (χ4v) is 1.04. The van der Waals surface area contributed by atoms with E-state index in [9.17, 15) is 8.78 Å². The van der Waals surface area contributed by atoms with Crippen molar-refractivity contribution >= 4 is 0 Å². The predicted octanol–water partition coefficient (Wildman–Crippen LogP) is 0.979. The summed E-state index contributed by atoms with van der Waals surface area (Å²) in [6.45, 7) is 0. The normalized spacial score (nSPS) is 13.6. The van der Waals surface area contributed by atoms with Crippen molar-refractivity contribution in [2.45, 2.75) is 25.4 Å². The molecule has 74 valence electrons. The van der Waals surface area contributed by atoms with E-state index in [1.54, 1.807) is 24.1 Å². The van der Waals surface area contributed by atoms with Crippen molar-refractivity contribution in [1.82, 2.24) is 9.78 Å². The quantitative estimate of drug-likeness (QED) is 0.768. The topological polar surface area (TPSA) is 38.0 Å². The number of rotatable bonds is 4. The van der Waals surface area contributed by atoms with Crippen molar-refractivity contribution in [3.63, 3.8) is 0 Å². The molecular weight excluding hydrogens is 178 g/mol. The zero-order chi connectivity index (χ0) is 9.84. The first-order valence-electron chi connectivity index (χ1n) is 4.03. The Hall–Kier alpha value is -0.970. The Morgan fingerprint density at radius 1 is 1.62 bits per heavy atom. The molecule has 13 heavy (non-hydrogen) atoms. The Labute approximate surface area is 75.0 Å². The van der Waals surface area contributed by atoms with Gasteiger partial charge in [-0.3, -0.25) is 4.68 Å². The maximum atomic E-state index is 11.9. The van der Waals surface area contributed by atoms with Crippen LogP contribution < -0.4 is 0 Å². The molecule has 1 rings (SSSR count). The second kappa shape index (κ2) is 4.32. The lowest BCUT2D eigenvalue weighted by atomic mass is 10.1. The first kappa shape index (κ1) is 10.1. The molecule has 0 aliphatic carbocycles. The van der Waals surface area contributed by atoms with Crippen LogP contribution in [-0.2, 0) is 13.5 Å². The van der Waals surface area contributed by atoms with Crippen LogP contribution in [0.3, 0.4) is 0 Å². The summed E-state index contributed by atoms with van der Waals surface area (Å²) < 4.78 is 25.3. The number of alkyl halides is 2. The van der Waals surface area contributed by atoms with Crippen LogP contribution in [0.15, 0.2) is 12.4 Å². The van der Waals surface area contributed by atoms with E-state index in [2.05, 4.69) is 5.10 Å². The fourth-order valence-electron chi connectivity index (χ4n) is 1.04. The van der Waals surface area contributed by atoms with Crippen LogP contribution in [0.25, 0.3) is 0 Å². The predicted molar refractivity (Wildman–Crippen MR) is 43.5 cm³/mol. The van der Waals surface area contributed by atoms with E-state index in [1.807, 2.05) is 0 Å². The average molecular weight is 190 g/mol. The number of hydrogen-bond donors (Lipinski definition) is 1. The highest BCUT2D eigenvalue weighted by Crippen LogP contribution is 2.09. The van der Waals surface area contributed by atoms with Gasteiger partial charge in [0.2, 0.25) is 0 Å². The number of hydrogen-bond acceptors (Lipinski definition) is 2. The highest BCUT2D eigenvalue weighted by molar-refractivity contribution is 5.03. The third-order valence-corrected chi connectivity index (χ3v) is 1.78. The van der Waals surface area contributed by atoms with Crippen molar-refractivity contribution in [2.24, 2.45) is 7.05 Å². The molecule has 0 aliphatic rings. The van der Waals surface area contributed by atoms with Gasteiger partial charge in [-0.2, -0.15) is 5.10 Å². The fraction of sp³-hybridized carbons (Fsp3) is 0.625. The van der Waals surface area contributed by atoms with Gasteiger partial charge in [-0.15, -0.1) is 0 Å². The van der Waals surface area contributed by atoms with E-state index in [0.29, 0.717) is 6.42 Å². The Bertz CT molecular complexity index is 262. The molecule has 1 heterocycles. The van der Waals surface area contributed by atoms with Gasteiger partial charge in [-0.1, -0.05) is 0 Å². The largest absolute Gasteiger partial charge is 0.387 e. The number of nitrogens with zero attached hydrogens (tertiary/aromatic N) is 2. The highest BCUT2D eigenvalue weighted by atomic mass is 19.3. The molecule has 0 radical (unpaired) electrons. The molecule has 0 amide bonds. The molecule has 0 saturated heterocycles. The summed E-state index contributed by atoms with van der Waals surface area (Å²) in [5.41, 5.74) is 0.863. The summed E-state index contributed by atoms with van der Waals surface area (Å²) in [5, 5.41) is 12.7. The van der Waals surface area contributed by atoms with Crippen molar-refractivity contribution in [1.29, 1.82) is 0 Å². The van der Waals surface area contributed by atoms with Crippen LogP contribution in [0.5, 0.6) is 0 Å². The molecule has 5 heteroatoms. The minimum absolute atomic E-state index is 0.0728. The molecule has 1 N–H and O–H groups in total. The van der Waals surface area contributed by atoms with Gasteiger partial charge in [0, 0.05) is 13.2 Å². The van der Waals surface area contributed by atoms with E-state index < -0.39 is 12.5 Å². The summed E-state index contributed by atoms with van der Waals surface area (Å²) >= 11 is 0. The molecule has 0 saturated carbocycles. The third-order valence-electron chi connectivity index (χ3n) is 1.78. The Balaban J connectivity index is 2.35. The first-order valence-corrected chi connectivity index (χ1v) is 4.03. The third kappa shape index (κ3) is 3.10. The lowest BCUT2D eigenvalue weighted by Crippen LogP contribution is -2.17.